The molecule has 0 unspecified atom stereocenters. The lowest BCUT2D eigenvalue weighted by Gasteiger charge is -2.34. The highest BCUT2D eigenvalue weighted by molar-refractivity contribution is 7.89. The van der Waals surface area contributed by atoms with Crippen LogP contribution in [0.1, 0.15) is 24.2 Å². The molecule has 0 atom stereocenters. The minimum atomic E-state index is -3.49. The zero-order valence-corrected chi connectivity index (χ0v) is 19.2. The lowest BCUT2D eigenvalue weighted by Crippen LogP contribution is -2.50. The average Bonchev–Trinajstić information content (AvgIpc) is 2.75. The van der Waals surface area contributed by atoms with Crippen LogP contribution in [0.25, 0.3) is 0 Å². The normalized spacial score (nSPS) is 15.2. The van der Waals surface area contributed by atoms with Gasteiger partial charge in [0.05, 0.1) is 17.4 Å². The smallest absolute Gasteiger partial charge is 0.255 e. The van der Waals surface area contributed by atoms with E-state index in [0.717, 1.165) is 5.82 Å². The number of piperazine rings is 1. The van der Waals surface area contributed by atoms with Gasteiger partial charge in [-0.3, -0.25) is 4.79 Å². The highest BCUT2D eigenvalue weighted by atomic mass is 35.5. The molecule has 10 heteroatoms. The first kappa shape index (κ1) is 23.3. The molecule has 1 saturated heterocycles. The van der Waals surface area contributed by atoms with Crippen molar-refractivity contribution in [2.24, 2.45) is 0 Å². The number of amides is 1. The maximum Gasteiger partial charge on any atom is 0.255 e. The highest BCUT2D eigenvalue weighted by Gasteiger charge is 2.27. The molecule has 2 aromatic rings. The van der Waals surface area contributed by atoms with Crippen molar-refractivity contribution in [3.8, 4) is 5.75 Å². The Kier molecular flexibility index (Phi) is 7.74. The lowest BCUT2D eigenvalue weighted by atomic mass is 10.2. The third kappa shape index (κ3) is 6.32. The Bertz CT molecular complexity index is 994. The van der Waals surface area contributed by atoms with Gasteiger partial charge in [-0.1, -0.05) is 17.7 Å². The van der Waals surface area contributed by atoms with E-state index in [1.54, 1.807) is 18.3 Å². The molecule has 1 aromatic carbocycles. The number of carbonyl (C=O) groups excluding carboxylic acids is 1. The Morgan fingerprint density at radius 2 is 1.94 bits per heavy atom. The van der Waals surface area contributed by atoms with Gasteiger partial charge in [0.1, 0.15) is 11.6 Å². The number of halogens is 1. The van der Waals surface area contributed by atoms with Crippen LogP contribution >= 0.6 is 11.6 Å². The zero-order chi connectivity index (χ0) is 22.4. The van der Waals surface area contributed by atoms with Gasteiger partial charge in [-0.2, -0.15) is 4.31 Å². The molecule has 1 aliphatic rings. The van der Waals surface area contributed by atoms with Crippen molar-refractivity contribution in [3.05, 3.63) is 53.2 Å². The summed E-state index contributed by atoms with van der Waals surface area (Å²) in [7, 11) is -3.49. The number of ether oxygens (including phenoxy) is 1. The first-order valence-electron chi connectivity index (χ1n) is 10.1. The van der Waals surface area contributed by atoms with E-state index in [1.165, 1.54) is 10.4 Å². The molecule has 0 saturated carbocycles. The zero-order valence-electron chi connectivity index (χ0n) is 17.6. The molecule has 0 radical (unpaired) electrons. The van der Waals surface area contributed by atoms with Crippen LogP contribution in [0.5, 0.6) is 5.75 Å². The summed E-state index contributed by atoms with van der Waals surface area (Å²) < 4.78 is 32.5. The summed E-state index contributed by atoms with van der Waals surface area (Å²) in [5.41, 5.74) is 0.280. The van der Waals surface area contributed by atoms with Crippen LogP contribution in [-0.4, -0.2) is 68.2 Å². The van der Waals surface area contributed by atoms with E-state index >= 15 is 0 Å². The first-order chi connectivity index (χ1) is 14.8. The average molecular weight is 467 g/mol. The van der Waals surface area contributed by atoms with E-state index in [1.807, 2.05) is 32.0 Å². The molecule has 168 valence electrons. The second-order valence-corrected chi connectivity index (χ2v) is 9.98. The molecule has 1 amide bonds. The van der Waals surface area contributed by atoms with Crippen LogP contribution < -0.4 is 15.0 Å². The summed E-state index contributed by atoms with van der Waals surface area (Å²) >= 11 is 6.02. The number of sulfonamides is 1. The highest BCUT2D eigenvalue weighted by Crippen LogP contribution is 2.24. The Balaban J connectivity index is 1.53. The van der Waals surface area contributed by atoms with Crippen molar-refractivity contribution in [1.82, 2.24) is 14.6 Å². The molecule has 8 nitrogen and oxygen atoms in total. The third-order valence-electron chi connectivity index (χ3n) is 4.80. The van der Waals surface area contributed by atoms with Crippen molar-refractivity contribution in [2.75, 3.05) is 43.4 Å². The fourth-order valence-corrected chi connectivity index (χ4v) is 4.80. The van der Waals surface area contributed by atoms with Gasteiger partial charge in [-0.25, -0.2) is 13.4 Å². The Hall–Kier alpha value is -2.36. The number of benzene rings is 1. The number of anilines is 1. The van der Waals surface area contributed by atoms with Crippen molar-refractivity contribution in [3.63, 3.8) is 0 Å². The molecule has 1 aliphatic heterocycles. The summed E-state index contributed by atoms with van der Waals surface area (Å²) in [6, 6.07) is 10.5. The Morgan fingerprint density at radius 3 is 2.58 bits per heavy atom. The van der Waals surface area contributed by atoms with Crippen molar-refractivity contribution in [2.45, 2.75) is 20.0 Å². The Morgan fingerprint density at radius 1 is 1.19 bits per heavy atom. The summed E-state index contributed by atoms with van der Waals surface area (Å²) in [5, 5.41) is 3.07. The first-order valence-corrected chi connectivity index (χ1v) is 12.1. The molecule has 2 heterocycles. The number of hydrogen-bond donors (Lipinski definition) is 1. The molecule has 0 spiro atoms. The molecule has 31 heavy (non-hydrogen) atoms. The van der Waals surface area contributed by atoms with Gasteiger partial charge in [0.25, 0.3) is 5.91 Å². The van der Waals surface area contributed by atoms with E-state index in [9.17, 15) is 13.2 Å². The van der Waals surface area contributed by atoms with Gasteiger partial charge in [-0.05, 0) is 44.2 Å². The number of pyridine rings is 1. The number of hydrogen-bond acceptors (Lipinski definition) is 6. The van der Waals surface area contributed by atoms with Gasteiger partial charge in [0.2, 0.25) is 10.0 Å². The van der Waals surface area contributed by atoms with Gasteiger partial charge in [-0.15, -0.1) is 0 Å². The fraction of sp³-hybridized carbons (Fsp3) is 0.429. The predicted molar refractivity (Wildman–Crippen MR) is 121 cm³/mol. The molecule has 1 N–H and O–H groups in total. The van der Waals surface area contributed by atoms with E-state index < -0.39 is 15.9 Å². The van der Waals surface area contributed by atoms with Gasteiger partial charge >= 0.3 is 0 Å². The predicted octanol–water partition coefficient (Wildman–Crippen LogP) is 2.40. The molecule has 0 aliphatic carbocycles. The maximum atomic E-state index is 12.7. The fourth-order valence-electron chi connectivity index (χ4n) is 3.29. The van der Waals surface area contributed by atoms with E-state index in [4.69, 9.17) is 16.3 Å². The number of aromatic nitrogens is 1. The molecule has 1 aromatic heterocycles. The number of rotatable bonds is 8. The largest absolute Gasteiger partial charge is 0.490 e. The molecule has 1 fully saturated rings. The molecular weight excluding hydrogens is 440 g/mol. The van der Waals surface area contributed by atoms with Crippen LogP contribution in [0.15, 0.2) is 42.6 Å². The van der Waals surface area contributed by atoms with Crippen molar-refractivity contribution < 1.29 is 17.9 Å². The second kappa shape index (κ2) is 10.3. The second-order valence-electron chi connectivity index (χ2n) is 7.45. The van der Waals surface area contributed by atoms with Crippen LogP contribution in [0.4, 0.5) is 5.82 Å². The van der Waals surface area contributed by atoms with Crippen molar-refractivity contribution >= 4 is 33.3 Å². The van der Waals surface area contributed by atoms with Gasteiger partial charge in [0.15, 0.2) is 0 Å². The Labute approximate surface area is 188 Å². The monoisotopic (exact) mass is 466 g/mol. The maximum absolute atomic E-state index is 12.7. The number of nitrogens with one attached hydrogen (secondary N) is 1. The SMILES string of the molecule is CC(C)Oc1ccc(Cl)cc1C(=O)NCCS(=O)(=O)N1CCN(c2ccccn2)CC1. The summed E-state index contributed by atoms with van der Waals surface area (Å²) in [5.74, 6) is 0.648. The quantitative estimate of drug-likeness (QED) is 0.642. The topological polar surface area (TPSA) is 91.8 Å². The van der Waals surface area contributed by atoms with Gasteiger partial charge in [0, 0.05) is 43.9 Å². The lowest BCUT2D eigenvalue weighted by molar-refractivity contribution is 0.0950. The van der Waals surface area contributed by atoms with Crippen LogP contribution in [-0.2, 0) is 10.0 Å². The number of carbonyl (C=O) groups is 1. The minimum Gasteiger partial charge on any atom is -0.490 e. The van der Waals surface area contributed by atoms with Crippen molar-refractivity contribution in [1.29, 1.82) is 0 Å². The van der Waals surface area contributed by atoms with E-state index in [0.29, 0.717) is 37.0 Å². The number of nitrogens with zero attached hydrogens (tertiary/aromatic N) is 3. The summed E-state index contributed by atoms with van der Waals surface area (Å²) in [6.45, 7) is 5.62. The molecule has 3 rings (SSSR count). The van der Waals surface area contributed by atoms with Crippen LogP contribution in [0.2, 0.25) is 5.02 Å². The summed E-state index contributed by atoms with van der Waals surface area (Å²) in [4.78, 5) is 19.0. The standard InChI is InChI=1S/C21H27ClN4O4S/c1-16(2)30-19-7-6-17(22)15-18(19)21(27)24-9-14-31(28,29)26-12-10-25(11-13-26)20-5-3-4-8-23-20/h3-8,15-16H,9-14H2,1-2H3,(H,24,27). The summed E-state index contributed by atoms with van der Waals surface area (Å²) in [6.07, 6.45) is 1.61. The molecular formula is C21H27ClN4O4S. The minimum absolute atomic E-state index is 0.00471. The molecule has 0 bridgehead atoms. The van der Waals surface area contributed by atoms with Crippen LogP contribution in [0, 0.1) is 0 Å². The van der Waals surface area contributed by atoms with Gasteiger partial charge < -0.3 is 15.0 Å². The van der Waals surface area contributed by atoms with E-state index in [-0.39, 0.29) is 24.0 Å². The third-order valence-corrected chi connectivity index (χ3v) is 6.91. The van der Waals surface area contributed by atoms with E-state index in [2.05, 4.69) is 15.2 Å². The van der Waals surface area contributed by atoms with Crippen LogP contribution in [0.3, 0.4) is 0 Å².